The van der Waals surface area contributed by atoms with Crippen LogP contribution in [0.4, 0.5) is 0 Å². The highest BCUT2D eigenvalue weighted by Crippen LogP contribution is 2.20. The van der Waals surface area contributed by atoms with Gasteiger partial charge in [0.05, 0.1) is 0 Å². The molecule has 4 rings (SSSR count). The summed E-state index contributed by atoms with van der Waals surface area (Å²) in [6, 6.07) is 36.4. The van der Waals surface area contributed by atoms with E-state index in [0.717, 1.165) is 16.7 Å². The van der Waals surface area contributed by atoms with Gasteiger partial charge in [-0.25, -0.2) is 0 Å². The van der Waals surface area contributed by atoms with Gasteiger partial charge in [-0.3, -0.25) is 5.41 Å². The van der Waals surface area contributed by atoms with Crippen molar-refractivity contribution in [1.82, 2.24) is 0 Å². The Balaban J connectivity index is 0.000000204. The van der Waals surface area contributed by atoms with Gasteiger partial charge in [-0.05, 0) is 39.9 Å². The molecule has 0 aliphatic rings. The number of nitrogens with one attached hydrogen (secondary N) is 1. The van der Waals surface area contributed by atoms with Crippen molar-refractivity contribution in [2.24, 2.45) is 11.5 Å². The molecule has 3 nitrogen and oxygen atoms in total. The van der Waals surface area contributed by atoms with Crippen molar-refractivity contribution in [3.05, 3.63) is 120 Å². The molecule has 5 N–H and O–H groups in total. The van der Waals surface area contributed by atoms with Crippen molar-refractivity contribution >= 4 is 5.84 Å². The fourth-order valence-electron chi connectivity index (χ4n) is 3.01. The molecule has 0 atom stereocenters. The highest BCUT2D eigenvalue weighted by atomic mass is 14.7. The second-order valence-electron chi connectivity index (χ2n) is 6.63. The van der Waals surface area contributed by atoms with Gasteiger partial charge < -0.3 is 11.5 Å². The van der Waals surface area contributed by atoms with Gasteiger partial charge in [0.15, 0.2) is 0 Å². The molecule has 4 aromatic rings. The second kappa shape index (κ2) is 12.8. The molecule has 0 radical (unpaired) electrons. The topological polar surface area (TPSA) is 75.9 Å². The minimum atomic E-state index is 0.104. The molecular weight excluding hydrogens is 378 g/mol. The molecule has 0 saturated heterocycles. The van der Waals surface area contributed by atoms with Crippen LogP contribution in [-0.2, 0) is 6.54 Å². The molecule has 31 heavy (non-hydrogen) atoms. The van der Waals surface area contributed by atoms with E-state index in [1.54, 1.807) is 0 Å². The summed E-state index contributed by atoms with van der Waals surface area (Å²) in [5.41, 5.74) is 17.7. The van der Waals surface area contributed by atoms with Crippen LogP contribution in [0, 0.1) is 5.41 Å². The van der Waals surface area contributed by atoms with Crippen molar-refractivity contribution in [2.45, 2.75) is 20.4 Å². The van der Waals surface area contributed by atoms with Crippen LogP contribution in [0.1, 0.15) is 25.0 Å². The van der Waals surface area contributed by atoms with E-state index in [1.165, 1.54) is 16.7 Å². The van der Waals surface area contributed by atoms with E-state index in [-0.39, 0.29) is 5.84 Å². The lowest BCUT2D eigenvalue weighted by Gasteiger charge is -2.03. The smallest absolute Gasteiger partial charge is 0.122 e. The first-order valence-corrected chi connectivity index (χ1v) is 10.5. The molecule has 0 aliphatic carbocycles. The Kier molecular flexibility index (Phi) is 9.73. The van der Waals surface area contributed by atoms with E-state index in [0.29, 0.717) is 6.54 Å². The molecular formula is C28H31N3. The fourth-order valence-corrected chi connectivity index (χ4v) is 3.01. The average Bonchev–Trinajstić information content (AvgIpc) is 2.87. The molecule has 3 heteroatoms. The molecule has 0 unspecified atom stereocenters. The van der Waals surface area contributed by atoms with Crippen molar-refractivity contribution < 1.29 is 0 Å². The molecule has 4 aromatic carbocycles. The Hall–Kier alpha value is -3.69. The summed E-state index contributed by atoms with van der Waals surface area (Å²) < 4.78 is 0. The second-order valence-corrected chi connectivity index (χ2v) is 6.63. The van der Waals surface area contributed by atoms with Gasteiger partial charge in [0.2, 0.25) is 0 Å². The normalized spacial score (nSPS) is 9.52. The van der Waals surface area contributed by atoms with Crippen LogP contribution in [-0.4, -0.2) is 5.84 Å². The van der Waals surface area contributed by atoms with E-state index in [2.05, 4.69) is 24.3 Å². The minimum absolute atomic E-state index is 0.104. The molecule has 0 amide bonds. The SMILES string of the molecule is CC.N=C(N)c1cccc(-c2ccccc2)c1.NCc1cccc(-c2ccccc2)c1. The zero-order chi connectivity index (χ0) is 22.5. The van der Waals surface area contributed by atoms with Crippen LogP contribution in [0.2, 0.25) is 0 Å². The van der Waals surface area contributed by atoms with Crippen LogP contribution >= 0.6 is 0 Å². The highest BCUT2D eigenvalue weighted by Gasteiger charge is 2.00. The van der Waals surface area contributed by atoms with Crippen LogP contribution in [0.25, 0.3) is 22.3 Å². The lowest BCUT2D eigenvalue weighted by molar-refractivity contribution is 1.07. The largest absolute Gasteiger partial charge is 0.384 e. The molecule has 0 aliphatic heterocycles. The molecule has 0 aromatic heterocycles. The first kappa shape index (κ1) is 23.6. The predicted molar refractivity (Wildman–Crippen MR) is 134 cm³/mol. The maximum absolute atomic E-state index is 7.37. The van der Waals surface area contributed by atoms with E-state index in [9.17, 15) is 0 Å². The first-order chi connectivity index (χ1) is 15.2. The zero-order valence-electron chi connectivity index (χ0n) is 18.3. The van der Waals surface area contributed by atoms with E-state index in [4.69, 9.17) is 16.9 Å². The average molecular weight is 410 g/mol. The predicted octanol–water partition coefficient (Wildman–Crippen LogP) is 6.48. The van der Waals surface area contributed by atoms with Crippen molar-refractivity contribution in [3.8, 4) is 22.3 Å². The Morgan fingerprint density at radius 2 is 1.06 bits per heavy atom. The molecule has 158 valence electrons. The van der Waals surface area contributed by atoms with Crippen molar-refractivity contribution in [2.75, 3.05) is 0 Å². The van der Waals surface area contributed by atoms with Crippen molar-refractivity contribution in [1.29, 1.82) is 5.41 Å². The summed E-state index contributed by atoms with van der Waals surface area (Å²) in [6.45, 7) is 4.60. The number of hydrogen-bond donors (Lipinski definition) is 3. The third-order valence-corrected chi connectivity index (χ3v) is 4.55. The highest BCUT2D eigenvalue weighted by molar-refractivity contribution is 5.96. The Morgan fingerprint density at radius 3 is 1.55 bits per heavy atom. The standard InChI is InChI=1S/C13H12N2.C13H13N.C2H6/c14-13(15)12-8-4-7-11(9-12)10-5-2-1-3-6-10;14-10-11-5-4-8-13(9-11)12-6-2-1-3-7-12;1-2/h1-9H,(H3,14,15);1-9H,10,14H2;1-2H3. The summed E-state index contributed by atoms with van der Waals surface area (Å²) in [5, 5.41) is 7.37. The lowest BCUT2D eigenvalue weighted by Crippen LogP contribution is -2.10. The Morgan fingerprint density at radius 1 is 0.613 bits per heavy atom. The van der Waals surface area contributed by atoms with Gasteiger partial charge in [0.1, 0.15) is 5.84 Å². The Labute approximate surface area is 185 Å². The number of rotatable bonds is 4. The van der Waals surface area contributed by atoms with Gasteiger partial charge >= 0.3 is 0 Å². The Bertz CT molecular complexity index is 1060. The minimum Gasteiger partial charge on any atom is -0.384 e. The summed E-state index contributed by atoms with van der Waals surface area (Å²) in [4.78, 5) is 0. The summed E-state index contributed by atoms with van der Waals surface area (Å²) in [7, 11) is 0. The summed E-state index contributed by atoms with van der Waals surface area (Å²) >= 11 is 0. The van der Waals surface area contributed by atoms with E-state index >= 15 is 0 Å². The van der Waals surface area contributed by atoms with Crippen LogP contribution in [0.15, 0.2) is 109 Å². The number of nitrogens with two attached hydrogens (primary N) is 2. The third-order valence-electron chi connectivity index (χ3n) is 4.55. The molecule has 0 fully saturated rings. The number of amidine groups is 1. The number of nitrogen functional groups attached to an aromatic ring is 1. The van der Waals surface area contributed by atoms with Crippen LogP contribution in [0.3, 0.4) is 0 Å². The van der Waals surface area contributed by atoms with E-state index < -0.39 is 0 Å². The fraction of sp³-hybridized carbons (Fsp3) is 0.107. The molecule has 0 spiro atoms. The van der Waals surface area contributed by atoms with Gasteiger partial charge in [0.25, 0.3) is 0 Å². The van der Waals surface area contributed by atoms with Gasteiger partial charge in [0, 0.05) is 12.1 Å². The maximum Gasteiger partial charge on any atom is 0.122 e. The monoisotopic (exact) mass is 409 g/mol. The van der Waals surface area contributed by atoms with Gasteiger partial charge in [-0.1, -0.05) is 111 Å². The third kappa shape index (κ3) is 7.25. The zero-order valence-corrected chi connectivity index (χ0v) is 18.3. The summed E-state index contributed by atoms with van der Waals surface area (Å²) in [5.74, 6) is 0.104. The van der Waals surface area contributed by atoms with E-state index in [1.807, 2.05) is 98.8 Å². The quantitative estimate of drug-likeness (QED) is 0.267. The number of benzene rings is 4. The van der Waals surface area contributed by atoms with Gasteiger partial charge in [-0.2, -0.15) is 0 Å². The van der Waals surface area contributed by atoms with Crippen LogP contribution in [0.5, 0.6) is 0 Å². The molecule has 0 bridgehead atoms. The maximum atomic E-state index is 7.37. The molecule has 0 heterocycles. The van der Waals surface area contributed by atoms with Crippen molar-refractivity contribution in [3.63, 3.8) is 0 Å². The lowest BCUT2D eigenvalue weighted by atomic mass is 10.0. The van der Waals surface area contributed by atoms with Gasteiger partial charge in [-0.15, -0.1) is 0 Å². The first-order valence-electron chi connectivity index (χ1n) is 10.5. The molecule has 0 saturated carbocycles. The number of hydrogen-bond acceptors (Lipinski definition) is 2. The van der Waals surface area contributed by atoms with Crippen LogP contribution < -0.4 is 11.5 Å². The summed E-state index contributed by atoms with van der Waals surface area (Å²) in [6.07, 6.45) is 0.